The minimum atomic E-state index is -0.178. The molecule has 1 aliphatic carbocycles. The first kappa shape index (κ1) is 36.9. The highest BCUT2D eigenvalue weighted by Gasteiger charge is 2.36. The van der Waals surface area contributed by atoms with Crippen LogP contribution in [0.15, 0.2) is 217 Å². The molecule has 302 valence electrons. The molecule has 0 amide bonds. The smallest absolute Gasteiger partial charge is 0.136 e. The molecule has 2 heterocycles. The Morgan fingerprint density at radius 3 is 1.95 bits per heavy atom. The molecule has 0 N–H and O–H groups in total. The highest BCUT2D eigenvalue weighted by molar-refractivity contribution is 7.25. The number of para-hydroxylation sites is 2. The van der Waals surface area contributed by atoms with Gasteiger partial charge in [0.25, 0.3) is 0 Å². The van der Waals surface area contributed by atoms with Gasteiger partial charge in [0.05, 0.1) is 11.4 Å². The number of benzene rings is 10. The lowest BCUT2D eigenvalue weighted by Gasteiger charge is -2.32. The van der Waals surface area contributed by atoms with Crippen LogP contribution in [0.25, 0.3) is 97.4 Å². The predicted molar refractivity (Wildman–Crippen MR) is 273 cm³/mol. The van der Waals surface area contributed by atoms with E-state index in [-0.39, 0.29) is 5.41 Å². The molecule has 2 aromatic heterocycles. The van der Waals surface area contributed by atoms with E-state index in [9.17, 15) is 0 Å². The van der Waals surface area contributed by atoms with Crippen LogP contribution < -0.4 is 4.90 Å². The van der Waals surface area contributed by atoms with Crippen LogP contribution in [0, 0.1) is 0 Å². The molecule has 1 aliphatic rings. The zero-order valence-corrected chi connectivity index (χ0v) is 36.3. The first-order valence-corrected chi connectivity index (χ1v) is 22.9. The fraction of sp³-hybridized carbons (Fsp3) is 0.0492. The second-order valence-electron chi connectivity index (χ2n) is 17.6. The molecule has 12 aromatic rings. The van der Waals surface area contributed by atoms with E-state index < -0.39 is 0 Å². The summed E-state index contributed by atoms with van der Waals surface area (Å²) in [7, 11) is 0. The number of fused-ring (bicyclic) bond motifs is 10. The minimum absolute atomic E-state index is 0.178. The first-order valence-electron chi connectivity index (χ1n) is 22.1. The van der Waals surface area contributed by atoms with Gasteiger partial charge in [-0.2, -0.15) is 0 Å². The fourth-order valence-electron chi connectivity index (χ4n) is 10.6. The van der Waals surface area contributed by atoms with Crippen LogP contribution >= 0.6 is 11.3 Å². The van der Waals surface area contributed by atoms with Crippen molar-refractivity contribution in [3.05, 3.63) is 223 Å². The highest BCUT2D eigenvalue weighted by atomic mass is 32.1. The van der Waals surface area contributed by atoms with Gasteiger partial charge in [-0.15, -0.1) is 11.3 Å². The summed E-state index contributed by atoms with van der Waals surface area (Å²) >= 11 is 1.86. The van der Waals surface area contributed by atoms with Gasteiger partial charge < -0.3 is 9.32 Å². The van der Waals surface area contributed by atoms with E-state index in [1.165, 1.54) is 64.3 Å². The third-order valence-electron chi connectivity index (χ3n) is 13.7. The van der Waals surface area contributed by atoms with E-state index in [1.807, 2.05) is 17.4 Å². The van der Waals surface area contributed by atoms with Crippen LogP contribution in [0.3, 0.4) is 0 Å². The van der Waals surface area contributed by atoms with E-state index in [0.29, 0.717) is 0 Å². The number of nitrogens with zero attached hydrogens (tertiary/aromatic N) is 1. The number of hydrogen-bond donors (Lipinski definition) is 0. The van der Waals surface area contributed by atoms with Gasteiger partial charge in [0, 0.05) is 53.2 Å². The quantitative estimate of drug-likeness (QED) is 0.166. The van der Waals surface area contributed by atoms with Gasteiger partial charge in [0.15, 0.2) is 0 Å². The Labute approximate surface area is 375 Å². The Morgan fingerprint density at radius 1 is 0.391 bits per heavy atom. The Kier molecular flexibility index (Phi) is 8.16. The van der Waals surface area contributed by atoms with Crippen molar-refractivity contribution in [2.24, 2.45) is 0 Å². The Balaban J connectivity index is 1.11. The fourth-order valence-corrected chi connectivity index (χ4v) is 11.7. The molecular formula is C61H41NOS. The van der Waals surface area contributed by atoms with Crippen molar-refractivity contribution in [1.29, 1.82) is 0 Å². The van der Waals surface area contributed by atoms with Crippen molar-refractivity contribution in [3.63, 3.8) is 0 Å². The lowest BCUT2D eigenvalue weighted by molar-refractivity contribution is 0.660. The number of hydrogen-bond acceptors (Lipinski definition) is 3. The molecule has 0 unspecified atom stereocenters. The SMILES string of the molecule is CC1(C)c2ccccc2-c2ccc(N(c3ccccc3-c3ccc4ccccc4c3)c3cccc(-c4ccc5c(c4)sc4ccccc45)c3-c3ccc4c(c3)oc3ccccc34)cc21. The Bertz CT molecular complexity index is 3850. The van der Waals surface area contributed by atoms with Crippen molar-refractivity contribution in [2.45, 2.75) is 19.3 Å². The summed E-state index contributed by atoms with van der Waals surface area (Å²) in [5.41, 5.74) is 17.1. The summed E-state index contributed by atoms with van der Waals surface area (Å²) in [5.74, 6) is 0. The van der Waals surface area contributed by atoms with E-state index in [0.717, 1.165) is 61.3 Å². The van der Waals surface area contributed by atoms with Crippen LogP contribution in [0.1, 0.15) is 25.0 Å². The minimum Gasteiger partial charge on any atom is -0.456 e. The van der Waals surface area contributed by atoms with Gasteiger partial charge in [-0.3, -0.25) is 0 Å². The maximum Gasteiger partial charge on any atom is 0.136 e. The van der Waals surface area contributed by atoms with Crippen molar-refractivity contribution in [2.75, 3.05) is 4.90 Å². The molecule has 0 radical (unpaired) electrons. The van der Waals surface area contributed by atoms with Crippen LogP contribution in [0.5, 0.6) is 0 Å². The molecule has 0 spiro atoms. The van der Waals surface area contributed by atoms with Gasteiger partial charge in [0.1, 0.15) is 11.2 Å². The van der Waals surface area contributed by atoms with Crippen LogP contribution in [-0.2, 0) is 5.41 Å². The lowest BCUT2D eigenvalue weighted by atomic mass is 9.82. The zero-order valence-electron chi connectivity index (χ0n) is 35.5. The maximum atomic E-state index is 6.63. The number of anilines is 3. The second-order valence-corrected chi connectivity index (χ2v) is 18.7. The van der Waals surface area contributed by atoms with Gasteiger partial charge in [0.2, 0.25) is 0 Å². The van der Waals surface area contributed by atoms with E-state index in [1.54, 1.807) is 0 Å². The Morgan fingerprint density at radius 2 is 1.03 bits per heavy atom. The normalized spacial score (nSPS) is 13.0. The van der Waals surface area contributed by atoms with Gasteiger partial charge in [-0.05, 0) is 116 Å². The molecule has 64 heavy (non-hydrogen) atoms. The molecule has 0 saturated heterocycles. The molecule has 10 aromatic carbocycles. The van der Waals surface area contributed by atoms with Gasteiger partial charge >= 0.3 is 0 Å². The Hall–Kier alpha value is -7.72. The monoisotopic (exact) mass is 835 g/mol. The summed E-state index contributed by atoms with van der Waals surface area (Å²) in [6.45, 7) is 4.74. The zero-order chi connectivity index (χ0) is 42.5. The number of thiophene rings is 1. The van der Waals surface area contributed by atoms with E-state index in [2.05, 4.69) is 225 Å². The molecule has 0 aliphatic heterocycles. The van der Waals surface area contributed by atoms with E-state index >= 15 is 0 Å². The predicted octanol–water partition coefficient (Wildman–Crippen LogP) is 17.9. The number of furan rings is 1. The third-order valence-corrected chi connectivity index (χ3v) is 14.8. The van der Waals surface area contributed by atoms with Crippen molar-refractivity contribution < 1.29 is 4.42 Å². The third kappa shape index (κ3) is 5.64. The van der Waals surface area contributed by atoms with E-state index in [4.69, 9.17) is 4.42 Å². The second kappa shape index (κ2) is 14.2. The molecule has 0 bridgehead atoms. The van der Waals surface area contributed by atoms with Crippen LogP contribution in [0.4, 0.5) is 17.1 Å². The van der Waals surface area contributed by atoms with Gasteiger partial charge in [-0.1, -0.05) is 166 Å². The summed E-state index contributed by atoms with van der Waals surface area (Å²) in [6.07, 6.45) is 0. The summed E-state index contributed by atoms with van der Waals surface area (Å²) in [6, 6.07) is 78.2. The molecule has 13 rings (SSSR count). The largest absolute Gasteiger partial charge is 0.456 e. The van der Waals surface area contributed by atoms with Crippen molar-refractivity contribution in [1.82, 2.24) is 0 Å². The highest BCUT2D eigenvalue weighted by Crippen LogP contribution is 2.53. The topological polar surface area (TPSA) is 16.4 Å². The van der Waals surface area contributed by atoms with Crippen molar-refractivity contribution in [3.8, 4) is 44.5 Å². The molecule has 0 saturated carbocycles. The van der Waals surface area contributed by atoms with Crippen molar-refractivity contribution >= 4 is 81.3 Å². The molecular weight excluding hydrogens is 795 g/mol. The summed E-state index contributed by atoms with van der Waals surface area (Å²) in [4.78, 5) is 2.52. The molecule has 0 atom stereocenters. The maximum absolute atomic E-state index is 6.63. The van der Waals surface area contributed by atoms with Crippen LogP contribution in [0.2, 0.25) is 0 Å². The summed E-state index contributed by atoms with van der Waals surface area (Å²) in [5, 5.41) is 7.28. The first-order chi connectivity index (χ1) is 31.5. The molecule has 3 heteroatoms. The summed E-state index contributed by atoms with van der Waals surface area (Å²) < 4.78 is 9.21. The molecule has 0 fully saturated rings. The van der Waals surface area contributed by atoms with Crippen LogP contribution in [-0.4, -0.2) is 0 Å². The standard InChI is InChI=1S/C61H41NOS/c1-61(2)52-21-9-5-17-46(52)47-33-30-43(37-53(47)61)62(54-22-10-6-16-44(54)40-27-26-38-14-3-4-15-39(38)34-40)55-23-13-20-45(41-28-32-51-50-19-8-12-25-58(50)64-59(51)36-41)60(55)42-29-31-49-48-18-7-11-24-56(48)63-57(49)35-42/h3-37H,1-2H3. The average Bonchev–Trinajstić information content (AvgIpc) is 3.98. The van der Waals surface area contributed by atoms with Gasteiger partial charge in [-0.25, -0.2) is 0 Å². The number of rotatable bonds is 6. The average molecular weight is 836 g/mol. The lowest BCUT2D eigenvalue weighted by Crippen LogP contribution is -2.17. The molecule has 2 nitrogen and oxygen atoms in total.